The molecule has 4 amide bonds. The quantitative estimate of drug-likeness (QED) is 0.269. The fourth-order valence-corrected chi connectivity index (χ4v) is 4.99. The topological polar surface area (TPSA) is 140 Å². The largest absolute Gasteiger partial charge is 0.346 e. The van der Waals surface area contributed by atoms with Gasteiger partial charge in [0.05, 0.1) is 21.3 Å². The number of likely N-dealkylation sites (N-methyl/N-ethyl adjacent to an activating group) is 1. The maximum Gasteiger partial charge on any atom is 0.274 e. The Morgan fingerprint density at radius 2 is 1.76 bits per heavy atom. The maximum atomic E-state index is 13.2. The summed E-state index contributed by atoms with van der Waals surface area (Å²) in [5.74, 6) is -1.52. The average Bonchev–Trinajstić information content (AvgIpc) is 3.41. The highest BCUT2D eigenvalue weighted by Crippen LogP contribution is 2.26. The van der Waals surface area contributed by atoms with Crippen LogP contribution in [0.2, 0.25) is 10.0 Å². The number of nitrogens with one attached hydrogen (secondary N) is 4. The summed E-state index contributed by atoms with van der Waals surface area (Å²) in [7, 11) is 3.82. The van der Waals surface area contributed by atoms with Crippen molar-refractivity contribution in [1.29, 1.82) is 0 Å². The van der Waals surface area contributed by atoms with Crippen LogP contribution in [0.5, 0.6) is 0 Å². The lowest BCUT2D eigenvalue weighted by Gasteiger charge is -2.33. The second-order valence-corrected chi connectivity index (χ2v) is 10.8. The van der Waals surface area contributed by atoms with Crippen LogP contribution in [0.25, 0.3) is 0 Å². The number of benzene rings is 2. The summed E-state index contributed by atoms with van der Waals surface area (Å²) in [5.41, 5.74) is 1.29. The predicted octanol–water partition coefficient (Wildman–Crippen LogP) is 4.06. The molecule has 1 saturated heterocycles. The molecule has 13 heteroatoms. The first-order valence-corrected chi connectivity index (χ1v) is 14.0. The van der Waals surface area contributed by atoms with E-state index in [2.05, 4.69) is 26.1 Å². The van der Waals surface area contributed by atoms with Crippen LogP contribution in [0.15, 0.2) is 60.8 Å². The average molecular weight is 613 g/mol. The maximum absolute atomic E-state index is 13.2. The van der Waals surface area contributed by atoms with Gasteiger partial charge in [-0.25, -0.2) is 0 Å². The van der Waals surface area contributed by atoms with E-state index in [0.29, 0.717) is 43.7 Å². The minimum Gasteiger partial charge on any atom is -0.346 e. The molecule has 3 aromatic rings. The molecule has 2 heterocycles. The fraction of sp³-hybridized carbons (Fsp3) is 0.276. The number of amides is 4. The van der Waals surface area contributed by atoms with Gasteiger partial charge in [-0.15, -0.1) is 0 Å². The van der Waals surface area contributed by atoms with Crippen LogP contribution in [0.1, 0.15) is 44.0 Å². The van der Waals surface area contributed by atoms with Gasteiger partial charge in [0, 0.05) is 49.2 Å². The molecule has 0 bridgehead atoms. The van der Waals surface area contributed by atoms with E-state index in [9.17, 15) is 19.2 Å². The molecule has 2 aromatic carbocycles. The van der Waals surface area contributed by atoms with Crippen molar-refractivity contribution in [2.45, 2.75) is 18.9 Å². The Morgan fingerprint density at radius 3 is 2.45 bits per heavy atom. The zero-order valence-corrected chi connectivity index (χ0v) is 24.6. The van der Waals surface area contributed by atoms with Crippen LogP contribution in [-0.2, 0) is 4.79 Å². The van der Waals surface area contributed by atoms with E-state index in [1.807, 2.05) is 19.0 Å². The third-order valence-corrected chi connectivity index (χ3v) is 7.11. The number of aromatic nitrogens is 2. The normalized spacial score (nSPS) is 15.1. The van der Waals surface area contributed by atoms with Crippen molar-refractivity contribution in [1.82, 2.24) is 25.3 Å². The Balaban J connectivity index is 1.34. The molecule has 0 spiro atoms. The molecule has 0 saturated carbocycles. The summed E-state index contributed by atoms with van der Waals surface area (Å²) in [5, 5.41) is 15.2. The molecule has 0 radical (unpaired) electrons. The molecule has 1 atom stereocenters. The number of piperidine rings is 1. The van der Waals surface area contributed by atoms with E-state index in [0.717, 1.165) is 0 Å². The number of hydrogen-bond donors (Lipinski definition) is 4. The number of nitrogens with zero attached hydrogens (tertiary/aromatic N) is 3. The van der Waals surface area contributed by atoms with Gasteiger partial charge >= 0.3 is 0 Å². The number of rotatable bonds is 9. The molecule has 0 aliphatic carbocycles. The molecule has 220 valence electrons. The number of hydrogen-bond acceptors (Lipinski definition) is 6. The van der Waals surface area contributed by atoms with Crippen LogP contribution in [-0.4, -0.2) is 83.4 Å². The predicted molar refractivity (Wildman–Crippen MR) is 162 cm³/mol. The van der Waals surface area contributed by atoms with Crippen molar-refractivity contribution in [3.05, 3.63) is 87.7 Å². The van der Waals surface area contributed by atoms with Gasteiger partial charge in [-0.2, -0.15) is 5.10 Å². The number of likely N-dealkylation sites (tertiary alicyclic amines) is 1. The third-order valence-electron chi connectivity index (χ3n) is 6.48. The number of halogens is 2. The zero-order chi connectivity index (χ0) is 30.2. The Hall–Kier alpha value is -4.19. The molecule has 1 fully saturated rings. The lowest BCUT2D eigenvalue weighted by molar-refractivity contribution is -0.111. The Morgan fingerprint density at radius 1 is 1.05 bits per heavy atom. The molecular weight excluding hydrogens is 581 g/mol. The highest BCUT2D eigenvalue weighted by Gasteiger charge is 2.28. The van der Waals surface area contributed by atoms with Gasteiger partial charge in [0.2, 0.25) is 5.91 Å². The molecule has 4 rings (SSSR count). The van der Waals surface area contributed by atoms with Gasteiger partial charge in [-0.05, 0) is 63.3 Å². The first kappa shape index (κ1) is 30.8. The Bertz CT molecular complexity index is 1470. The number of H-pyrrole nitrogens is 1. The second-order valence-electron chi connectivity index (χ2n) is 9.99. The number of anilines is 2. The van der Waals surface area contributed by atoms with E-state index in [-0.39, 0.29) is 44.8 Å². The van der Waals surface area contributed by atoms with Crippen LogP contribution in [0.3, 0.4) is 0 Å². The van der Waals surface area contributed by atoms with Gasteiger partial charge in [-0.1, -0.05) is 35.3 Å². The minimum absolute atomic E-state index is 0.0100. The molecule has 11 nitrogen and oxygen atoms in total. The SMILES string of the molecule is CN(C)C/C=C/C(=O)Nc1ccc(C(=O)N2CCC[C@@H](NC(=O)c3n[nH]cc3NC(=O)c3c(Cl)cccc3Cl)C2)cc1. The van der Waals surface area contributed by atoms with Gasteiger partial charge in [-0.3, -0.25) is 24.3 Å². The lowest BCUT2D eigenvalue weighted by Crippen LogP contribution is -2.49. The molecule has 42 heavy (non-hydrogen) atoms. The van der Waals surface area contributed by atoms with Crippen LogP contribution in [0, 0.1) is 0 Å². The molecule has 1 aliphatic rings. The van der Waals surface area contributed by atoms with E-state index in [4.69, 9.17) is 23.2 Å². The smallest absolute Gasteiger partial charge is 0.274 e. The van der Waals surface area contributed by atoms with E-state index < -0.39 is 11.8 Å². The van der Waals surface area contributed by atoms with Crippen molar-refractivity contribution in [2.75, 3.05) is 44.4 Å². The van der Waals surface area contributed by atoms with Crippen molar-refractivity contribution < 1.29 is 19.2 Å². The highest BCUT2D eigenvalue weighted by atomic mass is 35.5. The third kappa shape index (κ3) is 7.96. The summed E-state index contributed by atoms with van der Waals surface area (Å²) in [6, 6.07) is 11.1. The number of carbonyl (C=O) groups is 4. The summed E-state index contributed by atoms with van der Waals surface area (Å²) in [6.07, 6.45) is 5.98. The molecule has 1 aromatic heterocycles. The summed E-state index contributed by atoms with van der Waals surface area (Å²) >= 11 is 12.3. The van der Waals surface area contributed by atoms with Crippen LogP contribution in [0.4, 0.5) is 11.4 Å². The molecule has 4 N–H and O–H groups in total. The van der Waals surface area contributed by atoms with Gasteiger partial charge in [0.15, 0.2) is 5.69 Å². The lowest BCUT2D eigenvalue weighted by atomic mass is 10.0. The van der Waals surface area contributed by atoms with Gasteiger partial charge in [0.25, 0.3) is 17.7 Å². The first-order valence-electron chi connectivity index (χ1n) is 13.2. The minimum atomic E-state index is -0.582. The van der Waals surface area contributed by atoms with Crippen molar-refractivity contribution >= 4 is 58.2 Å². The fourth-order valence-electron chi connectivity index (χ4n) is 4.42. The second kappa shape index (κ2) is 14.1. The van der Waals surface area contributed by atoms with Crippen molar-refractivity contribution in [3.63, 3.8) is 0 Å². The zero-order valence-electron chi connectivity index (χ0n) is 23.1. The summed E-state index contributed by atoms with van der Waals surface area (Å²) in [4.78, 5) is 54.7. The first-order chi connectivity index (χ1) is 20.1. The highest BCUT2D eigenvalue weighted by molar-refractivity contribution is 6.40. The standard InChI is InChI=1S/C29H31Cl2N7O4/c1-37(2)14-5-9-24(39)33-19-12-10-18(11-13-19)29(42)38-15-4-6-20(17-38)34-28(41)26-23(16-32-36-26)35-27(40)25-21(30)7-3-8-22(25)31/h3,5,7-13,16,20H,4,6,14-15,17H2,1-2H3,(H,32,36)(H,33,39)(H,34,41)(H,35,40)/b9-5+/t20-/m1/s1. The van der Waals surface area contributed by atoms with Gasteiger partial charge < -0.3 is 25.8 Å². The Kier molecular flexibility index (Phi) is 10.3. The van der Waals surface area contributed by atoms with Crippen molar-refractivity contribution in [2.24, 2.45) is 0 Å². The molecule has 0 unspecified atom stereocenters. The van der Waals surface area contributed by atoms with Crippen LogP contribution >= 0.6 is 23.2 Å². The van der Waals surface area contributed by atoms with E-state index in [1.165, 1.54) is 12.3 Å². The summed E-state index contributed by atoms with van der Waals surface area (Å²) in [6.45, 7) is 1.50. The number of carbonyl (C=O) groups excluding carboxylic acids is 4. The van der Waals surface area contributed by atoms with E-state index >= 15 is 0 Å². The summed E-state index contributed by atoms with van der Waals surface area (Å²) < 4.78 is 0. The van der Waals surface area contributed by atoms with Gasteiger partial charge in [0.1, 0.15) is 0 Å². The Labute approximate surface area is 253 Å². The molecule has 1 aliphatic heterocycles. The van der Waals surface area contributed by atoms with E-state index in [1.54, 1.807) is 53.4 Å². The number of aromatic amines is 1. The van der Waals surface area contributed by atoms with Crippen molar-refractivity contribution in [3.8, 4) is 0 Å². The monoisotopic (exact) mass is 611 g/mol. The van der Waals surface area contributed by atoms with Crippen LogP contribution < -0.4 is 16.0 Å². The molecular formula is C29H31Cl2N7O4.